The quantitative estimate of drug-likeness (QED) is 0.527. The Balaban J connectivity index is 1.25. The minimum absolute atomic E-state index is 0.0106. The molecule has 5 nitrogen and oxygen atoms in total. The number of fused-ring (bicyclic) bond motifs is 1. The number of amides is 1. The van der Waals surface area contributed by atoms with Crippen molar-refractivity contribution in [2.24, 2.45) is 5.92 Å². The molecule has 6 heteroatoms. The number of rotatable bonds is 7. The zero-order valence-electron chi connectivity index (χ0n) is 20.2. The molecule has 0 unspecified atom stereocenters. The largest absolute Gasteiger partial charge is 0.379 e. The zero-order chi connectivity index (χ0) is 24.0. The van der Waals surface area contributed by atoms with Gasteiger partial charge in [0, 0.05) is 44.3 Å². The van der Waals surface area contributed by atoms with Crippen molar-refractivity contribution in [3.63, 3.8) is 0 Å². The summed E-state index contributed by atoms with van der Waals surface area (Å²) < 4.78 is 18.8. The van der Waals surface area contributed by atoms with Gasteiger partial charge in [-0.1, -0.05) is 42.5 Å². The first kappa shape index (κ1) is 23.9. The first-order chi connectivity index (χ1) is 17.2. The molecule has 0 spiro atoms. The summed E-state index contributed by atoms with van der Waals surface area (Å²) >= 11 is 0. The normalized spacial score (nSPS) is 21.7. The van der Waals surface area contributed by atoms with Gasteiger partial charge in [-0.3, -0.25) is 14.6 Å². The Bertz CT molecular complexity index is 1120. The number of piperidine rings is 1. The molecule has 0 aliphatic carbocycles. The highest BCUT2D eigenvalue weighted by Gasteiger charge is 2.34. The molecule has 2 aliphatic heterocycles. The Hall–Kier alpha value is -2.80. The van der Waals surface area contributed by atoms with Crippen molar-refractivity contribution in [2.75, 3.05) is 44.7 Å². The Kier molecular flexibility index (Phi) is 7.72. The summed E-state index contributed by atoms with van der Waals surface area (Å²) in [5.74, 6) is 0.101. The van der Waals surface area contributed by atoms with Gasteiger partial charge in [-0.05, 0) is 65.9 Å². The van der Waals surface area contributed by atoms with Crippen molar-refractivity contribution in [1.82, 2.24) is 9.80 Å². The number of ether oxygens (including phenoxy) is 1. The molecule has 2 aliphatic rings. The molecule has 5 rings (SSSR count). The number of hydrogen-bond acceptors (Lipinski definition) is 4. The van der Waals surface area contributed by atoms with E-state index in [1.165, 1.54) is 28.5 Å². The highest BCUT2D eigenvalue weighted by atomic mass is 19.1. The summed E-state index contributed by atoms with van der Waals surface area (Å²) in [6.45, 7) is 6.47. The lowest BCUT2D eigenvalue weighted by Crippen LogP contribution is -2.53. The summed E-state index contributed by atoms with van der Waals surface area (Å²) in [5.41, 5.74) is 2.00. The molecular weight excluding hydrogens is 441 g/mol. The summed E-state index contributed by atoms with van der Waals surface area (Å²) in [6, 6.07) is 21.6. The van der Waals surface area contributed by atoms with Gasteiger partial charge in [0.15, 0.2) is 0 Å². The van der Waals surface area contributed by atoms with Crippen molar-refractivity contribution in [2.45, 2.75) is 31.8 Å². The molecule has 0 saturated carbocycles. The summed E-state index contributed by atoms with van der Waals surface area (Å²) in [6.07, 6.45) is 2.40. The lowest BCUT2D eigenvalue weighted by atomic mass is 9.86. The number of hydrogen-bond donors (Lipinski definition) is 1. The smallest absolute Gasteiger partial charge is 0.224 e. The van der Waals surface area contributed by atoms with Crippen LogP contribution in [0.25, 0.3) is 10.8 Å². The maximum Gasteiger partial charge on any atom is 0.224 e. The first-order valence-electron chi connectivity index (χ1n) is 12.7. The average molecular weight is 476 g/mol. The maximum atomic E-state index is 13.2. The third-order valence-corrected chi connectivity index (χ3v) is 7.44. The van der Waals surface area contributed by atoms with Gasteiger partial charge in [-0.25, -0.2) is 4.39 Å². The van der Waals surface area contributed by atoms with Crippen LogP contribution < -0.4 is 5.32 Å². The monoisotopic (exact) mass is 475 g/mol. The molecule has 2 atom stereocenters. The van der Waals surface area contributed by atoms with Crippen molar-refractivity contribution in [1.29, 1.82) is 0 Å². The minimum Gasteiger partial charge on any atom is -0.379 e. The average Bonchev–Trinajstić information content (AvgIpc) is 2.90. The van der Waals surface area contributed by atoms with Gasteiger partial charge in [0.2, 0.25) is 5.91 Å². The number of carbonyl (C=O) groups is 1. The molecular formula is C29H34FN3O2. The lowest BCUT2D eigenvalue weighted by Gasteiger charge is -2.45. The van der Waals surface area contributed by atoms with Crippen LogP contribution in [-0.2, 0) is 16.1 Å². The standard InChI is InChI=1S/C29H34FN3O2/c30-25-9-11-26(12-10-25)31-29(34)13-8-24-21-32(15-14-28(24)33-16-18-35-19-17-33)20-23-6-3-5-22-4-1-2-7-27(22)23/h1-7,9-12,24,28H,8,13-21H2,(H,31,34)/t24-,28+/m1/s1. The molecule has 0 aromatic heterocycles. The van der Waals surface area contributed by atoms with Crippen molar-refractivity contribution in [3.8, 4) is 0 Å². The fraction of sp³-hybridized carbons (Fsp3) is 0.414. The van der Waals surface area contributed by atoms with Gasteiger partial charge >= 0.3 is 0 Å². The van der Waals surface area contributed by atoms with Crippen LogP contribution in [0.3, 0.4) is 0 Å². The number of likely N-dealkylation sites (tertiary alicyclic amines) is 1. The molecule has 0 bridgehead atoms. The Morgan fingerprint density at radius 1 is 0.971 bits per heavy atom. The molecule has 1 amide bonds. The number of halogens is 1. The number of anilines is 1. The van der Waals surface area contributed by atoms with E-state index in [0.717, 1.165) is 58.8 Å². The Labute approximate surface area is 206 Å². The molecule has 3 aromatic rings. The second kappa shape index (κ2) is 11.3. The summed E-state index contributed by atoms with van der Waals surface area (Å²) in [7, 11) is 0. The van der Waals surface area contributed by atoms with Gasteiger partial charge < -0.3 is 10.1 Å². The van der Waals surface area contributed by atoms with E-state index in [2.05, 4.69) is 57.6 Å². The van der Waals surface area contributed by atoms with E-state index in [1.54, 1.807) is 12.1 Å². The minimum atomic E-state index is -0.301. The van der Waals surface area contributed by atoms with Crippen LogP contribution in [0.1, 0.15) is 24.8 Å². The Morgan fingerprint density at radius 2 is 1.74 bits per heavy atom. The van der Waals surface area contributed by atoms with E-state index < -0.39 is 0 Å². The number of nitrogens with zero attached hydrogens (tertiary/aromatic N) is 2. The van der Waals surface area contributed by atoms with Crippen LogP contribution in [-0.4, -0.2) is 61.1 Å². The maximum absolute atomic E-state index is 13.2. The molecule has 2 saturated heterocycles. The van der Waals surface area contributed by atoms with Crippen LogP contribution in [0.5, 0.6) is 0 Å². The van der Waals surface area contributed by atoms with Gasteiger partial charge in [0.1, 0.15) is 5.82 Å². The number of morpholine rings is 1. The molecule has 2 fully saturated rings. The predicted molar refractivity (Wildman–Crippen MR) is 138 cm³/mol. The van der Waals surface area contributed by atoms with Gasteiger partial charge in [0.05, 0.1) is 13.2 Å². The van der Waals surface area contributed by atoms with E-state index in [1.807, 2.05) is 0 Å². The Morgan fingerprint density at radius 3 is 2.57 bits per heavy atom. The van der Waals surface area contributed by atoms with Crippen LogP contribution in [0.2, 0.25) is 0 Å². The van der Waals surface area contributed by atoms with E-state index in [0.29, 0.717) is 24.1 Å². The highest BCUT2D eigenvalue weighted by molar-refractivity contribution is 5.90. The fourth-order valence-corrected chi connectivity index (χ4v) is 5.66. The van der Waals surface area contributed by atoms with Gasteiger partial charge in [-0.15, -0.1) is 0 Å². The van der Waals surface area contributed by atoms with E-state index in [9.17, 15) is 9.18 Å². The second-order valence-corrected chi connectivity index (χ2v) is 9.73. The molecule has 0 radical (unpaired) electrons. The summed E-state index contributed by atoms with van der Waals surface area (Å²) in [4.78, 5) is 17.8. The van der Waals surface area contributed by atoms with Gasteiger partial charge in [-0.2, -0.15) is 0 Å². The summed E-state index contributed by atoms with van der Waals surface area (Å²) in [5, 5.41) is 5.52. The predicted octanol–water partition coefficient (Wildman–Crippen LogP) is 4.92. The first-order valence-corrected chi connectivity index (χ1v) is 12.7. The van der Waals surface area contributed by atoms with Crippen LogP contribution in [0.15, 0.2) is 66.7 Å². The number of benzene rings is 3. The van der Waals surface area contributed by atoms with Crippen LogP contribution in [0.4, 0.5) is 10.1 Å². The molecule has 1 N–H and O–H groups in total. The second-order valence-electron chi connectivity index (χ2n) is 9.73. The molecule has 184 valence electrons. The third-order valence-electron chi connectivity index (χ3n) is 7.44. The lowest BCUT2D eigenvalue weighted by molar-refractivity contribution is -0.116. The van der Waals surface area contributed by atoms with E-state index in [4.69, 9.17) is 4.74 Å². The fourth-order valence-electron chi connectivity index (χ4n) is 5.66. The topological polar surface area (TPSA) is 44.8 Å². The van der Waals surface area contributed by atoms with Crippen molar-refractivity contribution >= 4 is 22.4 Å². The molecule has 3 aromatic carbocycles. The number of nitrogens with one attached hydrogen (secondary N) is 1. The van der Waals surface area contributed by atoms with Crippen LogP contribution in [0, 0.1) is 11.7 Å². The molecule has 35 heavy (non-hydrogen) atoms. The third kappa shape index (κ3) is 6.07. The SMILES string of the molecule is O=C(CC[C@@H]1CN(Cc2cccc3ccccc23)CC[C@@H]1N1CCOCC1)Nc1ccc(F)cc1. The molecule has 2 heterocycles. The van der Waals surface area contributed by atoms with E-state index in [-0.39, 0.29) is 11.7 Å². The number of carbonyl (C=O) groups excluding carboxylic acids is 1. The van der Waals surface area contributed by atoms with E-state index >= 15 is 0 Å². The van der Waals surface area contributed by atoms with Crippen molar-refractivity contribution < 1.29 is 13.9 Å². The van der Waals surface area contributed by atoms with Gasteiger partial charge in [0.25, 0.3) is 0 Å². The van der Waals surface area contributed by atoms with Crippen molar-refractivity contribution in [3.05, 3.63) is 78.1 Å². The zero-order valence-corrected chi connectivity index (χ0v) is 20.2. The van der Waals surface area contributed by atoms with Crippen LogP contribution >= 0.6 is 0 Å². The highest BCUT2D eigenvalue weighted by Crippen LogP contribution is 2.29.